The molecule has 2 N–H and O–H groups in total. The molecule has 0 spiro atoms. The van der Waals surface area contributed by atoms with Crippen LogP contribution in [-0.2, 0) is 36.7 Å². The van der Waals surface area contributed by atoms with E-state index in [9.17, 15) is 32.8 Å². The highest BCUT2D eigenvalue weighted by Gasteiger charge is 2.25. The number of anilines is 2. The number of piperazine rings is 1. The van der Waals surface area contributed by atoms with Crippen molar-refractivity contribution in [3.63, 3.8) is 0 Å². The first-order valence-corrected chi connectivity index (χ1v) is 28.3. The maximum absolute atomic E-state index is 13.8. The highest BCUT2D eigenvalue weighted by Crippen LogP contribution is 2.24. The van der Waals surface area contributed by atoms with E-state index in [1.807, 2.05) is 48.5 Å². The van der Waals surface area contributed by atoms with E-state index in [1.165, 1.54) is 55.5 Å². The quantitative estimate of drug-likeness (QED) is 0.0655. The fourth-order valence-corrected chi connectivity index (χ4v) is 9.81. The molecule has 458 valence electrons. The van der Waals surface area contributed by atoms with Crippen LogP contribution in [0.1, 0.15) is 76.3 Å². The largest absolute Gasteiger partial charge is 0.447 e. The third-order valence-electron chi connectivity index (χ3n) is 14.5. The normalized spacial score (nSPS) is 14.0. The van der Waals surface area contributed by atoms with E-state index >= 15 is 0 Å². The molecule has 22 heteroatoms. The van der Waals surface area contributed by atoms with Crippen molar-refractivity contribution in [3.05, 3.63) is 142 Å². The molecule has 0 aliphatic carbocycles. The Balaban J connectivity index is 0.000000384. The summed E-state index contributed by atoms with van der Waals surface area (Å²) in [5, 5.41) is 9.10. The smallest absolute Gasteiger partial charge is 0.412 e. The van der Waals surface area contributed by atoms with Crippen molar-refractivity contribution in [1.29, 1.82) is 0 Å². The van der Waals surface area contributed by atoms with Gasteiger partial charge >= 0.3 is 12.2 Å². The van der Waals surface area contributed by atoms with E-state index in [0.717, 1.165) is 67.0 Å². The van der Waals surface area contributed by atoms with Crippen LogP contribution >= 0.6 is 50.2 Å². The first-order valence-electron chi connectivity index (χ1n) is 27.6. The van der Waals surface area contributed by atoms with Gasteiger partial charge in [-0.25, -0.2) is 28.3 Å². The molecule has 2 atom stereocenters. The van der Waals surface area contributed by atoms with Gasteiger partial charge in [-0.05, 0) is 125 Å². The van der Waals surface area contributed by atoms with Gasteiger partial charge in [0, 0.05) is 82.7 Å². The molecule has 2 aliphatic rings. The molecule has 4 amide bonds. The number of likely N-dealkylation sites (tertiary alicyclic amines) is 1. The Kier molecular flexibility index (Phi) is 32.7. The average Bonchev–Trinajstić information content (AvgIpc) is 3.64. The van der Waals surface area contributed by atoms with Gasteiger partial charge < -0.3 is 38.8 Å². The van der Waals surface area contributed by atoms with Gasteiger partial charge in [-0.3, -0.25) is 20.2 Å². The van der Waals surface area contributed by atoms with Crippen molar-refractivity contribution in [1.82, 2.24) is 34.5 Å². The highest BCUT2D eigenvalue weighted by molar-refractivity contribution is 7.59. The number of halogens is 4. The topological polar surface area (TPSA) is 170 Å². The number of hydrogen-bond donors (Lipinski definition) is 2. The van der Waals surface area contributed by atoms with E-state index in [0.29, 0.717) is 42.0 Å². The number of aldehydes is 1. The van der Waals surface area contributed by atoms with Crippen LogP contribution in [0, 0.1) is 11.6 Å². The van der Waals surface area contributed by atoms with Crippen molar-refractivity contribution in [2.24, 2.45) is 0 Å². The van der Waals surface area contributed by atoms with E-state index in [1.54, 1.807) is 61.7 Å². The molecule has 4 aromatic carbocycles. The number of pyridine rings is 2. The summed E-state index contributed by atoms with van der Waals surface area (Å²) < 4.78 is 38.3. The Morgan fingerprint density at radius 1 is 0.619 bits per heavy atom. The molecule has 2 aromatic heterocycles. The van der Waals surface area contributed by atoms with Crippen LogP contribution in [0.5, 0.6) is 0 Å². The van der Waals surface area contributed by atoms with Crippen molar-refractivity contribution < 1.29 is 42.2 Å². The van der Waals surface area contributed by atoms with Crippen LogP contribution in [0.15, 0.2) is 109 Å². The van der Waals surface area contributed by atoms with Gasteiger partial charge in [0.25, 0.3) is 0 Å². The lowest BCUT2D eigenvalue weighted by atomic mass is 10.1. The Bertz CT molecular complexity index is 3020. The molecule has 2 saturated heterocycles. The van der Waals surface area contributed by atoms with Crippen LogP contribution in [-0.4, -0.2) is 164 Å². The molecule has 2 aliphatic heterocycles. The molecule has 0 unspecified atom stereocenters. The summed E-state index contributed by atoms with van der Waals surface area (Å²) in [6.45, 7) is 7.61. The molecule has 4 heterocycles. The molecule has 16 nitrogen and oxygen atoms in total. The first-order chi connectivity index (χ1) is 39.1. The number of rotatable bonds is 21. The first kappa shape index (κ1) is 72.1. The number of likely N-dealkylation sites (N-methyl/N-ethyl adjacent to an activating group) is 3. The summed E-state index contributed by atoms with van der Waals surface area (Å²) in [7, 11) is 7.62. The maximum atomic E-state index is 13.8. The third-order valence-corrected chi connectivity index (χ3v) is 15.3. The molecule has 8 rings (SSSR count). The van der Waals surface area contributed by atoms with Gasteiger partial charge in [-0.15, -0.1) is 0 Å². The van der Waals surface area contributed by atoms with Crippen molar-refractivity contribution in [2.75, 3.05) is 97.9 Å². The Labute approximate surface area is 517 Å². The molecule has 0 radical (unpaired) electrons. The molecule has 6 aromatic rings. The number of amides is 4. The summed E-state index contributed by atoms with van der Waals surface area (Å²) in [6.07, 6.45) is 9.93. The molecule has 0 bridgehead atoms. The van der Waals surface area contributed by atoms with Crippen LogP contribution in [0.3, 0.4) is 0 Å². The number of nitrogens with zero attached hydrogens (tertiary/aromatic N) is 7. The number of carbonyl (C=O) groups is 5. The zero-order valence-corrected chi connectivity index (χ0v) is 51.3. The summed E-state index contributed by atoms with van der Waals surface area (Å²) in [6, 6.07) is 27.1. The number of aromatic nitrogens is 2. The van der Waals surface area contributed by atoms with Gasteiger partial charge in [-0.1, -0.05) is 110 Å². The molecule has 2 fully saturated rings. The Morgan fingerprint density at radius 3 is 1.48 bits per heavy atom. The number of aryl methyl sites for hydroxylation is 2. The monoisotopic (exact) mass is 1240 g/mol. The minimum absolute atomic E-state index is 0. The van der Waals surface area contributed by atoms with E-state index < -0.39 is 29.9 Å². The summed E-state index contributed by atoms with van der Waals surface area (Å²) in [5.41, 5.74) is 1.12. The standard InChI is InChI=1S/C30H37ClFN5O3.C25H25ClFN3O4.C6H13N.CH4.2H2S/c1-35-15-17-37(18-16-35)14-6-10-25(36(2)28(38)13-12-22-9-5-11-26(32)29(22)31)21-40-30(39)34-27-19-23-7-3-4-8-24(23)20-33-27;1-30(23(32)12-11-17-8-4-10-21(27)24(17)26)20(9-5-13-31)16-34-25(33)29-22-14-18-6-2-3-7-19(18)15-28-22;1-7-5-3-2-4-6-7;;;/h3-5,7-9,11,19-20,25H,6,10,12-18,21H2,1-2H3,(H,33,34,39);2-4,6-8,10,13-15,20H,5,9,11-12,16H2,1H3,(H,28,29,33);2-6H2,1H3;1H4;2*1H2/t25-;20-;;;;/m00..../s1. The number of nitrogens with one attached hydrogen (secondary N) is 2. The van der Waals surface area contributed by atoms with Gasteiger partial charge in [0.15, 0.2) is 0 Å². The second-order valence-electron chi connectivity index (χ2n) is 20.4. The average molecular weight is 1240 g/mol. The third kappa shape index (κ3) is 23.7. The van der Waals surface area contributed by atoms with Crippen LogP contribution in [0.25, 0.3) is 21.5 Å². The summed E-state index contributed by atoms with van der Waals surface area (Å²) >= 11 is 12.0. The number of piperidine rings is 1. The number of carbonyl (C=O) groups excluding carboxylic acids is 5. The zero-order valence-electron chi connectivity index (χ0n) is 47.8. The highest BCUT2D eigenvalue weighted by atomic mass is 35.5. The fraction of sp³-hybridized carbons (Fsp3) is 0.435. The van der Waals surface area contributed by atoms with Gasteiger partial charge in [0.05, 0.1) is 22.1 Å². The predicted octanol–water partition coefficient (Wildman–Crippen LogP) is 12.0. The second-order valence-corrected chi connectivity index (χ2v) is 21.2. The maximum Gasteiger partial charge on any atom is 0.412 e. The Morgan fingerprint density at radius 2 is 1.05 bits per heavy atom. The summed E-state index contributed by atoms with van der Waals surface area (Å²) in [5.74, 6) is -0.663. The zero-order chi connectivity index (χ0) is 58.1. The van der Waals surface area contributed by atoms with Crippen molar-refractivity contribution in [3.8, 4) is 0 Å². The van der Waals surface area contributed by atoms with E-state index in [4.69, 9.17) is 32.7 Å². The second kappa shape index (κ2) is 38.0. The number of fused-ring (bicyclic) bond motifs is 2. The molecular formula is C62H83Cl2F2N9O7S2. The van der Waals surface area contributed by atoms with Gasteiger partial charge in [0.2, 0.25) is 11.8 Å². The lowest BCUT2D eigenvalue weighted by Crippen LogP contribution is -2.45. The van der Waals surface area contributed by atoms with Crippen LogP contribution in [0.2, 0.25) is 10.0 Å². The predicted molar refractivity (Wildman–Crippen MR) is 343 cm³/mol. The van der Waals surface area contributed by atoms with Crippen molar-refractivity contribution in [2.45, 2.75) is 90.1 Å². The van der Waals surface area contributed by atoms with Crippen LogP contribution in [0.4, 0.5) is 30.0 Å². The summed E-state index contributed by atoms with van der Waals surface area (Å²) in [4.78, 5) is 80.3. The van der Waals surface area contributed by atoms with E-state index in [-0.39, 0.29) is 101 Å². The lowest BCUT2D eigenvalue weighted by molar-refractivity contribution is -0.133. The number of ether oxygens (including phenoxy) is 2. The fourth-order valence-electron chi connectivity index (χ4n) is 9.37. The van der Waals surface area contributed by atoms with Gasteiger partial charge in [0.1, 0.15) is 42.8 Å². The van der Waals surface area contributed by atoms with Gasteiger partial charge in [-0.2, -0.15) is 27.0 Å². The molecular weight excluding hydrogens is 1160 g/mol. The number of benzene rings is 4. The SMILES string of the molecule is C.CN(C(=O)CCc1cccc(F)c1Cl)[C@@H](CCC=O)COC(=O)Nc1cc2ccccc2cn1.CN1CCCCC1.CN1CCN(CCC[C@@H](COC(=O)Nc2cc3ccccc3cn2)N(C)C(=O)CCc2cccc(F)c2Cl)CC1.S.S. The van der Waals surface area contributed by atoms with Crippen LogP contribution < -0.4 is 10.6 Å². The van der Waals surface area contributed by atoms with E-state index in [2.05, 4.69) is 49.4 Å². The lowest BCUT2D eigenvalue weighted by Gasteiger charge is -2.33. The molecule has 0 saturated carbocycles. The Hall–Kier alpha value is -6.13. The number of hydrogen-bond acceptors (Lipinski definition) is 12. The minimum Gasteiger partial charge on any atom is -0.447 e. The minimum atomic E-state index is -0.716. The molecule has 84 heavy (non-hydrogen) atoms. The van der Waals surface area contributed by atoms with Crippen molar-refractivity contribution >= 4 is 114 Å².